The van der Waals surface area contributed by atoms with Crippen LogP contribution in [-0.4, -0.2) is 29.1 Å². The fraction of sp³-hybridized carbons (Fsp3) is 0.462. The van der Waals surface area contributed by atoms with Crippen LogP contribution in [0.1, 0.15) is 24.0 Å². The third-order valence-corrected chi connectivity index (χ3v) is 3.66. The van der Waals surface area contributed by atoms with E-state index in [0.29, 0.717) is 12.4 Å². The van der Waals surface area contributed by atoms with Crippen LogP contribution < -0.4 is 0 Å². The molecule has 0 amide bonds. The molecule has 0 atom stereocenters. The molecule has 0 aliphatic carbocycles. The first kappa shape index (κ1) is 13.2. The standard InChI is InChI=1S/C13H17ClN6/c1-4-10-12-13(19(3)17-10)20(11(5-14)16-12)8-9-6-15-18(2)7-9/h6-7H,4-5,8H2,1-3H3. The Morgan fingerprint density at radius 3 is 2.70 bits per heavy atom. The highest BCUT2D eigenvalue weighted by molar-refractivity contribution is 6.16. The van der Waals surface area contributed by atoms with E-state index in [4.69, 9.17) is 11.6 Å². The van der Waals surface area contributed by atoms with Crippen LogP contribution in [0, 0.1) is 0 Å². The van der Waals surface area contributed by atoms with E-state index in [2.05, 4.69) is 26.7 Å². The lowest BCUT2D eigenvalue weighted by atomic mass is 10.3. The molecule has 3 rings (SSSR count). The van der Waals surface area contributed by atoms with E-state index in [1.807, 2.05) is 31.2 Å². The van der Waals surface area contributed by atoms with Gasteiger partial charge in [-0.15, -0.1) is 11.6 Å². The van der Waals surface area contributed by atoms with Crippen molar-refractivity contribution < 1.29 is 0 Å². The first-order valence-corrected chi connectivity index (χ1v) is 7.12. The second kappa shape index (κ2) is 4.94. The minimum Gasteiger partial charge on any atom is -0.307 e. The Bertz CT molecular complexity index is 750. The molecule has 0 unspecified atom stereocenters. The van der Waals surface area contributed by atoms with Crippen molar-refractivity contribution in [2.75, 3.05) is 0 Å². The molecule has 0 fully saturated rings. The van der Waals surface area contributed by atoms with Gasteiger partial charge in [-0.2, -0.15) is 10.2 Å². The third-order valence-electron chi connectivity index (χ3n) is 3.42. The van der Waals surface area contributed by atoms with E-state index in [1.54, 1.807) is 4.68 Å². The van der Waals surface area contributed by atoms with Gasteiger partial charge >= 0.3 is 0 Å². The maximum absolute atomic E-state index is 6.05. The summed E-state index contributed by atoms with van der Waals surface area (Å²) < 4.78 is 5.80. The van der Waals surface area contributed by atoms with Gasteiger partial charge in [-0.05, 0) is 6.42 Å². The fourth-order valence-corrected chi connectivity index (χ4v) is 2.73. The molecule has 20 heavy (non-hydrogen) atoms. The maximum Gasteiger partial charge on any atom is 0.159 e. The van der Waals surface area contributed by atoms with Gasteiger partial charge in [0.2, 0.25) is 0 Å². The summed E-state index contributed by atoms with van der Waals surface area (Å²) in [4.78, 5) is 4.65. The molecule has 0 aliphatic rings. The van der Waals surface area contributed by atoms with Crippen LogP contribution in [0.15, 0.2) is 12.4 Å². The van der Waals surface area contributed by atoms with Gasteiger partial charge in [-0.25, -0.2) is 4.98 Å². The van der Waals surface area contributed by atoms with Gasteiger partial charge in [-0.3, -0.25) is 9.36 Å². The van der Waals surface area contributed by atoms with Crippen molar-refractivity contribution in [1.29, 1.82) is 0 Å². The lowest BCUT2D eigenvalue weighted by Crippen LogP contribution is -2.07. The fourth-order valence-electron chi connectivity index (χ4n) is 2.53. The molecule has 0 aromatic carbocycles. The molecule has 0 saturated heterocycles. The number of hydrogen-bond acceptors (Lipinski definition) is 3. The Hall–Kier alpha value is -1.82. The number of rotatable bonds is 4. The Morgan fingerprint density at radius 2 is 2.10 bits per heavy atom. The van der Waals surface area contributed by atoms with Crippen molar-refractivity contribution in [1.82, 2.24) is 29.1 Å². The summed E-state index contributed by atoms with van der Waals surface area (Å²) in [5, 5.41) is 8.72. The molecule has 0 N–H and O–H groups in total. The number of halogens is 1. The molecule has 3 aromatic heterocycles. The molecule has 0 saturated carbocycles. The monoisotopic (exact) mass is 292 g/mol. The van der Waals surface area contributed by atoms with Gasteiger partial charge < -0.3 is 4.57 Å². The number of alkyl halides is 1. The molecule has 0 bridgehead atoms. The van der Waals surface area contributed by atoms with E-state index in [1.165, 1.54) is 0 Å². The summed E-state index contributed by atoms with van der Waals surface area (Å²) in [6, 6.07) is 0. The predicted molar refractivity (Wildman–Crippen MR) is 77.7 cm³/mol. The largest absolute Gasteiger partial charge is 0.307 e. The van der Waals surface area contributed by atoms with Gasteiger partial charge in [0.25, 0.3) is 0 Å². The first-order chi connectivity index (χ1) is 9.63. The molecular weight excluding hydrogens is 276 g/mol. The summed E-state index contributed by atoms with van der Waals surface area (Å²) in [5.74, 6) is 1.26. The van der Waals surface area contributed by atoms with Gasteiger partial charge in [0, 0.05) is 25.9 Å². The lowest BCUT2D eigenvalue weighted by Gasteiger charge is -2.06. The topological polar surface area (TPSA) is 53.5 Å². The van der Waals surface area contributed by atoms with Crippen LogP contribution in [0.5, 0.6) is 0 Å². The molecule has 0 spiro atoms. The molecule has 6 nitrogen and oxygen atoms in total. The highest BCUT2D eigenvalue weighted by Crippen LogP contribution is 2.22. The van der Waals surface area contributed by atoms with Gasteiger partial charge in [-0.1, -0.05) is 6.92 Å². The Kier molecular flexibility index (Phi) is 3.25. The van der Waals surface area contributed by atoms with E-state index in [-0.39, 0.29) is 0 Å². The van der Waals surface area contributed by atoms with Crippen LogP contribution >= 0.6 is 11.6 Å². The third kappa shape index (κ3) is 2.00. The summed E-state index contributed by atoms with van der Waals surface area (Å²) in [5.41, 5.74) is 4.10. The number of hydrogen-bond donors (Lipinski definition) is 0. The predicted octanol–water partition coefficient (Wildman–Crippen LogP) is 1.85. The van der Waals surface area contributed by atoms with Crippen molar-refractivity contribution in [3.8, 4) is 0 Å². The van der Waals surface area contributed by atoms with Crippen molar-refractivity contribution in [2.24, 2.45) is 14.1 Å². The Balaban J connectivity index is 2.14. The Labute approximate surface area is 122 Å². The van der Waals surface area contributed by atoms with Gasteiger partial charge in [0.05, 0.1) is 24.3 Å². The molecular formula is C13H17ClN6. The zero-order valence-corrected chi connectivity index (χ0v) is 12.6. The van der Waals surface area contributed by atoms with Gasteiger partial charge in [0.1, 0.15) is 11.3 Å². The number of fused-ring (bicyclic) bond motifs is 1. The minimum absolute atomic E-state index is 0.387. The average molecular weight is 293 g/mol. The Morgan fingerprint density at radius 1 is 1.30 bits per heavy atom. The smallest absolute Gasteiger partial charge is 0.159 e. The number of imidazole rings is 1. The normalized spacial score (nSPS) is 11.6. The highest BCUT2D eigenvalue weighted by Gasteiger charge is 2.18. The summed E-state index contributed by atoms with van der Waals surface area (Å²) in [7, 11) is 3.86. The molecule has 0 radical (unpaired) electrons. The second-order valence-corrected chi connectivity index (χ2v) is 5.13. The van der Waals surface area contributed by atoms with Crippen molar-refractivity contribution >= 4 is 22.8 Å². The minimum atomic E-state index is 0.387. The van der Waals surface area contributed by atoms with E-state index in [0.717, 1.165) is 34.7 Å². The quantitative estimate of drug-likeness (QED) is 0.690. The van der Waals surface area contributed by atoms with Crippen LogP contribution in [0.4, 0.5) is 0 Å². The van der Waals surface area contributed by atoms with Crippen LogP contribution in [0.3, 0.4) is 0 Å². The van der Waals surface area contributed by atoms with Crippen molar-refractivity contribution in [2.45, 2.75) is 25.8 Å². The van der Waals surface area contributed by atoms with Crippen molar-refractivity contribution in [3.05, 3.63) is 29.5 Å². The average Bonchev–Trinajstić information content (AvgIpc) is 3.07. The molecule has 106 valence electrons. The molecule has 7 heteroatoms. The zero-order chi connectivity index (χ0) is 14.3. The lowest BCUT2D eigenvalue weighted by molar-refractivity contribution is 0.697. The van der Waals surface area contributed by atoms with E-state index >= 15 is 0 Å². The summed E-state index contributed by atoms with van der Waals surface area (Å²) >= 11 is 6.05. The van der Waals surface area contributed by atoms with Crippen LogP contribution in [0.2, 0.25) is 0 Å². The first-order valence-electron chi connectivity index (χ1n) is 6.58. The highest BCUT2D eigenvalue weighted by atomic mass is 35.5. The number of nitrogens with zero attached hydrogens (tertiary/aromatic N) is 6. The number of aryl methyl sites for hydroxylation is 3. The second-order valence-electron chi connectivity index (χ2n) is 4.87. The summed E-state index contributed by atoms with van der Waals surface area (Å²) in [6.45, 7) is 2.79. The number of aromatic nitrogens is 6. The van der Waals surface area contributed by atoms with E-state index in [9.17, 15) is 0 Å². The molecule has 0 aliphatic heterocycles. The zero-order valence-electron chi connectivity index (χ0n) is 11.8. The molecule has 3 aromatic rings. The SMILES string of the molecule is CCc1nn(C)c2c1nc(CCl)n2Cc1cnn(C)c1. The van der Waals surface area contributed by atoms with E-state index < -0.39 is 0 Å². The summed E-state index contributed by atoms with van der Waals surface area (Å²) in [6.07, 6.45) is 4.73. The van der Waals surface area contributed by atoms with Gasteiger partial charge in [0.15, 0.2) is 5.65 Å². The van der Waals surface area contributed by atoms with Crippen molar-refractivity contribution in [3.63, 3.8) is 0 Å². The maximum atomic E-state index is 6.05. The van der Waals surface area contributed by atoms with Crippen LogP contribution in [-0.2, 0) is 32.9 Å². The molecule has 3 heterocycles. The van der Waals surface area contributed by atoms with Crippen LogP contribution in [0.25, 0.3) is 11.2 Å².